The van der Waals surface area contributed by atoms with Gasteiger partial charge in [0.15, 0.2) is 6.04 Å². The molecule has 0 fully saturated rings. The third kappa shape index (κ3) is 4.01. The van der Waals surface area contributed by atoms with E-state index in [1.807, 2.05) is 48.5 Å². The first-order chi connectivity index (χ1) is 13.2. The summed E-state index contributed by atoms with van der Waals surface area (Å²) in [6.07, 6.45) is 0.478. The van der Waals surface area contributed by atoms with Crippen molar-refractivity contribution in [3.05, 3.63) is 72.3 Å². The van der Waals surface area contributed by atoms with Crippen molar-refractivity contribution in [1.29, 1.82) is 0 Å². The SMILES string of the molecule is C=CCOC(=O)[C@@H](CO)N=C([O-])OCC1c2ccccc2-c2ccccc21. The summed E-state index contributed by atoms with van der Waals surface area (Å²) < 4.78 is 10.1. The molecule has 0 bridgehead atoms. The number of hydrogen-bond acceptors (Lipinski definition) is 6. The van der Waals surface area contributed by atoms with E-state index in [0.29, 0.717) is 0 Å². The Balaban J connectivity index is 1.72. The molecule has 0 saturated heterocycles. The van der Waals surface area contributed by atoms with E-state index < -0.39 is 24.7 Å². The summed E-state index contributed by atoms with van der Waals surface area (Å²) in [5.41, 5.74) is 4.39. The zero-order chi connectivity index (χ0) is 19.2. The maximum Gasteiger partial charge on any atom is 0.333 e. The molecule has 1 aliphatic rings. The average molecular weight is 366 g/mol. The van der Waals surface area contributed by atoms with Crippen molar-refractivity contribution < 1.29 is 24.5 Å². The summed E-state index contributed by atoms with van der Waals surface area (Å²) in [5.74, 6) is -0.900. The van der Waals surface area contributed by atoms with E-state index in [2.05, 4.69) is 11.6 Å². The Morgan fingerprint density at radius 2 is 1.74 bits per heavy atom. The van der Waals surface area contributed by atoms with Crippen LogP contribution in [0.5, 0.6) is 0 Å². The molecule has 140 valence electrons. The van der Waals surface area contributed by atoms with Crippen LogP contribution in [0.3, 0.4) is 0 Å². The van der Waals surface area contributed by atoms with Crippen molar-refractivity contribution in [2.24, 2.45) is 4.99 Å². The van der Waals surface area contributed by atoms with Gasteiger partial charge in [-0.05, 0) is 22.3 Å². The lowest BCUT2D eigenvalue weighted by molar-refractivity contribution is -0.251. The Kier molecular flexibility index (Phi) is 5.88. The number of carbonyl (C=O) groups is 1. The second kappa shape index (κ2) is 8.51. The second-order valence-corrected chi connectivity index (χ2v) is 6.05. The Bertz CT molecular complexity index is 816. The molecule has 2 aromatic carbocycles. The molecule has 0 aliphatic heterocycles. The van der Waals surface area contributed by atoms with Gasteiger partial charge in [-0.1, -0.05) is 61.2 Å². The minimum absolute atomic E-state index is 0.0183. The predicted octanol–water partition coefficient (Wildman–Crippen LogP) is 1.62. The third-order valence-corrected chi connectivity index (χ3v) is 4.39. The van der Waals surface area contributed by atoms with Gasteiger partial charge in [-0.15, -0.1) is 0 Å². The predicted molar refractivity (Wildman–Crippen MR) is 99.1 cm³/mol. The van der Waals surface area contributed by atoms with Crippen molar-refractivity contribution in [1.82, 2.24) is 0 Å². The minimum atomic E-state index is -1.30. The van der Waals surface area contributed by atoms with Crippen LogP contribution in [0.1, 0.15) is 17.0 Å². The lowest BCUT2D eigenvalue weighted by Crippen LogP contribution is -2.32. The van der Waals surface area contributed by atoms with Crippen LogP contribution >= 0.6 is 0 Å². The number of ether oxygens (including phenoxy) is 2. The highest BCUT2D eigenvalue weighted by molar-refractivity contribution is 5.80. The number of hydrogen-bond donors (Lipinski definition) is 1. The largest absolute Gasteiger partial charge is 0.599 e. The molecule has 0 saturated carbocycles. The van der Waals surface area contributed by atoms with Gasteiger partial charge in [0.05, 0.1) is 6.61 Å². The molecule has 27 heavy (non-hydrogen) atoms. The van der Waals surface area contributed by atoms with Crippen LogP contribution in [0, 0.1) is 0 Å². The Morgan fingerprint density at radius 1 is 1.15 bits per heavy atom. The van der Waals surface area contributed by atoms with E-state index in [1.165, 1.54) is 6.08 Å². The van der Waals surface area contributed by atoms with E-state index in [4.69, 9.17) is 9.47 Å². The minimum Gasteiger partial charge on any atom is -0.599 e. The summed E-state index contributed by atoms with van der Waals surface area (Å²) in [5, 5.41) is 21.3. The van der Waals surface area contributed by atoms with E-state index in [9.17, 15) is 15.0 Å². The van der Waals surface area contributed by atoms with Crippen LogP contribution in [-0.4, -0.2) is 43.0 Å². The summed E-state index contributed by atoms with van der Waals surface area (Å²) >= 11 is 0. The summed E-state index contributed by atoms with van der Waals surface area (Å²) in [4.78, 5) is 15.3. The van der Waals surface area contributed by atoms with Crippen molar-refractivity contribution in [3.63, 3.8) is 0 Å². The van der Waals surface area contributed by atoms with Crippen LogP contribution in [0.4, 0.5) is 0 Å². The standard InChI is InChI=1S/C21H21NO5/c1-2-11-26-20(24)19(12-23)22-21(25)27-13-18-16-9-5-3-7-14(16)15-8-4-6-10-17(15)18/h2-10,18-19,23H,1,11-13H2,(H,22,25)/p-1/t19-/m1/s1. The van der Waals surface area contributed by atoms with E-state index in [-0.39, 0.29) is 19.1 Å². The average Bonchev–Trinajstić information content (AvgIpc) is 3.02. The summed E-state index contributed by atoms with van der Waals surface area (Å²) in [6, 6.07) is 14.6. The van der Waals surface area contributed by atoms with E-state index in [0.717, 1.165) is 22.3 Å². The molecule has 6 heteroatoms. The fourth-order valence-electron chi connectivity index (χ4n) is 3.16. The molecule has 0 spiro atoms. The maximum absolute atomic E-state index is 12.0. The molecule has 3 rings (SSSR count). The molecule has 1 N–H and O–H groups in total. The van der Waals surface area contributed by atoms with E-state index in [1.54, 1.807) is 0 Å². The summed E-state index contributed by atoms with van der Waals surface area (Å²) in [7, 11) is 0. The number of aliphatic imine (C=N–C) groups is 1. The van der Waals surface area contributed by atoms with Crippen molar-refractivity contribution in [3.8, 4) is 11.1 Å². The second-order valence-electron chi connectivity index (χ2n) is 6.05. The monoisotopic (exact) mass is 366 g/mol. The first kappa shape index (κ1) is 18.7. The van der Waals surface area contributed by atoms with Gasteiger partial charge >= 0.3 is 5.97 Å². The quantitative estimate of drug-likeness (QED) is 0.348. The lowest BCUT2D eigenvalue weighted by Gasteiger charge is -2.22. The highest BCUT2D eigenvalue weighted by Gasteiger charge is 2.27. The zero-order valence-electron chi connectivity index (χ0n) is 14.7. The zero-order valence-corrected chi connectivity index (χ0v) is 14.7. The molecule has 6 nitrogen and oxygen atoms in total. The van der Waals surface area contributed by atoms with Crippen LogP contribution in [-0.2, 0) is 14.3 Å². The molecular formula is C21H20NO5-. The lowest BCUT2D eigenvalue weighted by atomic mass is 9.98. The van der Waals surface area contributed by atoms with Gasteiger partial charge in [0.1, 0.15) is 12.7 Å². The van der Waals surface area contributed by atoms with Crippen molar-refractivity contribution >= 4 is 12.1 Å². The smallest absolute Gasteiger partial charge is 0.333 e. The summed E-state index contributed by atoms with van der Waals surface area (Å²) in [6.45, 7) is 2.86. The number of rotatable bonds is 7. The number of carbonyl (C=O) groups excluding carboxylic acids is 1. The number of nitrogens with zero attached hydrogens (tertiary/aromatic N) is 1. The van der Waals surface area contributed by atoms with Crippen LogP contribution in [0.2, 0.25) is 0 Å². The van der Waals surface area contributed by atoms with Crippen molar-refractivity contribution in [2.75, 3.05) is 19.8 Å². The van der Waals surface area contributed by atoms with Crippen LogP contribution in [0.25, 0.3) is 11.1 Å². The first-order valence-electron chi connectivity index (χ1n) is 8.60. The fourth-order valence-corrected chi connectivity index (χ4v) is 3.16. The van der Waals surface area contributed by atoms with Crippen LogP contribution in [0.15, 0.2) is 66.2 Å². The fraction of sp³-hybridized carbons (Fsp3) is 0.238. The third-order valence-electron chi connectivity index (χ3n) is 4.39. The number of aliphatic hydroxyl groups is 1. The van der Waals surface area contributed by atoms with Gasteiger partial charge in [-0.25, -0.2) is 4.79 Å². The van der Waals surface area contributed by atoms with E-state index >= 15 is 0 Å². The molecule has 2 aromatic rings. The van der Waals surface area contributed by atoms with Crippen LogP contribution < -0.4 is 5.11 Å². The Morgan fingerprint density at radius 3 is 2.30 bits per heavy atom. The molecule has 0 aromatic heterocycles. The number of esters is 1. The maximum atomic E-state index is 12.0. The van der Waals surface area contributed by atoms with Crippen molar-refractivity contribution in [2.45, 2.75) is 12.0 Å². The highest BCUT2D eigenvalue weighted by Crippen LogP contribution is 2.44. The number of benzene rings is 2. The Labute approximate surface area is 157 Å². The van der Waals surface area contributed by atoms with Gasteiger partial charge in [-0.3, -0.25) is 4.99 Å². The molecule has 0 amide bonds. The molecular weight excluding hydrogens is 346 g/mol. The molecule has 1 aliphatic carbocycles. The van der Waals surface area contributed by atoms with Gasteiger partial charge < -0.3 is 19.7 Å². The van der Waals surface area contributed by atoms with Gasteiger partial charge in [0, 0.05) is 12.5 Å². The number of aliphatic hydroxyl groups excluding tert-OH is 1. The molecule has 0 heterocycles. The Hall–Kier alpha value is -3.12. The van der Waals surface area contributed by atoms with Gasteiger partial charge in [0.2, 0.25) is 0 Å². The normalized spacial score (nSPS) is 14.2. The van der Waals surface area contributed by atoms with Gasteiger partial charge in [0.25, 0.3) is 0 Å². The molecule has 1 atom stereocenters. The molecule has 0 radical (unpaired) electrons. The van der Waals surface area contributed by atoms with Gasteiger partial charge in [-0.2, -0.15) is 0 Å². The number of fused-ring (bicyclic) bond motifs is 3. The topological polar surface area (TPSA) is 91.2 Å². The molecule has 0 unspecified atom stereocenters. The highest BCUT2D eigenvalue weighted by atomic mass is 16.6. The first-order valence-corrected chi connectivity index (χ1v) is 8.60.